The molecule has 0 aliphatic rings. The van der Waals surface area contributed by atoms with Crippen LogP contribution in [0.4, 0.5) is 0 Å². The summed E-state index contributed by atoms with van der Waals surface area (Å²) in [6.45, 7) is 1.97. The van der Waals surface area contributed by atoms with E-state index in [1.165, 1.54) is 0 Å². The van der Waals surface area contributed by atoms with Gasteiger partial charge in [-0.1, -0.05) is 55.5 Å². The van der Waals surface area contributed by atoms with Crippen LogP contribution in [0.5, 0.6) is 5.75 Å². The summed E-state index contributed by atoms with van der Waals surface area (Å²) in [5.74, 6) is 0.0747. The number of amides is 1. The predicted octanol–water partition coefficient (Wildman–Crippen LogP) is 3.95. The average Bonchev–Trinajstić information content (AvgIpc) is 2.62. The van der Waals surface area contributed by atoms with Gasteiger partial charge in [0, 0.05) is 23.6 Å². The van der Waals surface area contributed by atoms with E-state index >= 15 is 0 Å². The zero-order chi connectivity index (χ0) is 16.9. The number of phenols is 1. The minimum absolute atomic E-state index is 0.0353. The molecular weight excluding hydrogens is 300 g/mol. The van der Waals surface area contributed by atoms with Crippen LogP contribution in [-0.4, -0.2) is 16.0 Å². The summed E-state index contributed by atoms with van der Waals surface area (Å²) >= 11 is 0. The quantitative estimate of drug-likeness (QED) is 0.748. The van der Waals surface area contributed by atoms with Crippen molar-refractivity contribution in [3.8, 4) is 5.75 Å². The van der Waals surface area contributed by atoms with E-state index in [2.05, 4.69) is 10.3 Å². The molecule has 0 unspecified atom stereocenters. The zero-order valence-electron chi connectivity index (χ0n) is 13.6. The Morgan fingerprint density at radius 3 is 2.67 bits per heavy atom. The van der Waals surface area contributed by atoms with E-state index in [0.29, 0.717) is 17.5 Å². The van der Waals surface area contributed by atoms with E-state index in [1.54, 1.807) is 6.20 Å². The van der Waals surface area contributed by atoms with Gasteiger partial charge in [-0.2, -0.15) is 0 Å². The van der Waals surface area contributed by atoms with Crippen molar-refractivity contribution in [3.63, 3.8) is 0 Å². The van der Waals surface area contributed by atoms with Gasteiger partial charge < -0.3 is 10.4 Å². The summed E-state index contributed by atoms with van der Waals surface area (Å²) in [6.07, 6.45) is 2.88. The molecule has 3 aromatic rings. The van der Waals surface area contributed by atoms with Gasteiger partial charge in [-0.15, -0.1) is 0 Å². The first-order valence-electron chi connectivity index (χ1n) is 8.11. The van der Waals surface area contributed by atoms with Crippen LogP contribution in [0, 0.1) is 0 Å². The van der Waals surface area contributed by atoms with Crippen molar-refractivity contribution in [1.82, 2.24) is 10.3 Å². The molecule has 4 nitrogen and oxygen atoms in total. The Morgan fingerprint density at radius 1 is 1.12 bits per heavy atom. The molecule has 24 heavy (non-hydrogen) atoms. The van der Waals surface area contributed by atoms with Crippen LogP contribution >= 0.6 is 0 Å². The number of nitrogens with zero attached hydrogens (tertiary/aromatic N) is 1. The molecule has 0 saturated heterocycles. The largest absolute Gasteiger partial charge is 0.505 e. The molecule has 0 aliphatic heterocycles. The van der Waals surface area contributed by atoms with Crippen LogP contribution in [0.15, 0.2) is 60.8 Å². The molecule has 0 saturated carbocycles. The van der Waals surface area contributed by atoms with E-state index in [1.807, 2.05) is 61.5 Å². The Kier molecular flexibility index (Phi) is 4.75. The van der Waals surface area contributed by atoms with E-state index in [9.17, 15) is 9.90 Å². The number of carbonyl (C=O) groups is 1. The number of nitrogens with one attached hydrogen (secondary N) is 1. The first-order valence-corrected chi connectivity index (χ1v) is 8.11. The number of benzene rings is 2. The van der Waals surface area contributed by atoms with Crippen LogP contribution in [0.3, 0.4) is 0 Å². The van der Waals surface area contributed by atoms with Crippen molar-refractivity contribution >= 4 is 16.8 Å². The van der Waals surface area contributed by atoms with Crippen molar-refractivity contribution in [1.29, 1.82) is 0 Å². The molecular formula is C20H20N2O2. The fraction of sp³-hybridized carbons (Fsp3) is 0.200. The number of hydrogen-bond acceptors (Lipinski definition) is 3. The Balaban J connectivity index is 2.08. The number of carbonyl (C=O) groups excluding carboxylic acids is 1. The molecule has 122 valence electrons. The number of phenolic OH excluding ortho intramolecular Hbond substituents is 1. The molecule has 1 atom stereocenters. The third-order valence-electron chi connectivity index (χ3n) is 4.01. The first kappa shape index (κ1) is 16.0. The first-order chi connectivity index (χ1) is 11.7. The second kappa shape index (κ2) is 7.13. The molecule has 1 heterocycles. The Bertz CT molecular complexity index is 847. The highest BCUT2D eigenvalue weighted by atomic mass is 16.3. The van der Waals surface area contributed by atoms with Crippen LogP contribution < -0.4 is 5.32 Å². The highest BCUT2D eigenvalue weighted by molar-refractivity contribution is 5.86. The maximum absolute atomic E-state index is 12.2. The number of pyridine rings is 1. The molecule has 0 spiro atoms. The third kappa shape index (κ3) is 3.23. The minimum atomic E-state index is -0.406. The van der Waals surface area contributed by atoms with Gasteiger partial charge in [0.25, 0.3) is 0 Å². The Morgan fingerprint density at radius 2 is 1.92 bits per heavy atom. The molecule has 2 N–H and O–H groups in total. The highest BCUT2D eigenvalue weighted by Crippen LogP contribution is 2.34. The fourth-order valence-corrected chi connectivity index (χ4v) is 2.82. The van der Waals surface area contributed by atoms with Crippen LogP contribution in [0.1, 0.15) is 36.9 Å². The fourth-order valence-electron chi connectivity index (χ4n) is 2.82. The number of fused-ring (bicyclic) bond motifs is 1. The van der Waals surface area contributed by atoms with Crippen molar-refractivity contribution in [2.24, 2.45) is 0 Å². The maximum atomic E-state index is 12.2. The van der Waals surface area contributed by atoms with E-state index in [-0.39, 0.29) is 11.7 Å². The molecule has 0 radical (unpaired) electrons. The van der Waals surface area contributed by atoms with Crippen molar-refractivity contribution in [2.45, 2.75) is 25.8 Å². The van der Waals surface area contributed by atoms with Crippen molar-refractivity contribution < 1.29 is 9.90 Å². The number of aromatic nitrogens is 1. The second-order valence-corrected chi connectivity index (χ2v) is 5.74. The lowest BCUT2D eigenvalue weighted by molar-refractivity contribution is -0.121. The highest BCUT2D eigenvalue weighted by Gasteiger charge is 2.21. The minimum Gasteiger partial charge on any atom is -0.505 e. The predicted molar refractivity (Wildman–Crippen MR) is 94.7 cm³/mol. The van der Waals surface area contributed by atoms with Gasteiger partial charge in [-0.3, -0.25) is 9.78 Å². The molecule has 3 rings (SSSR count). The van der Waals surface area contributed by atoms with Crippen LogP contribution in [-0.2, 0) is 4.79 Å². The molecule has 2 aromatic carbocycles. The Labute approximate surface area is 141 Å². The smallest absolute Gasteiger partial charge is 0.220 e. The molecule has 1 amide bonds. The third-order valence-corrected chi connectivity index (χ3v) is 4.01. The standard InChI is InChI=1S/C20H20N2O2/c1-2-7-17(23)22-18(14-8-4-3-5-9-14)16-12-11-15-10-6-13-21-19(15)20(16)24/h3-6,8-13,18,24H,2,7H2,1H3,(H,22,23)/t18-/m0/s1. The van der Waals surface area contributed by atoms with Gasteiger partial charge in [0.15, 0.2) is 0 Å². The normalized spacial score (nSPS) is 12.0. The van der Waals surface area contributed by atoms with Crippen molar-refractivity contribution in [2.75, 3.05) is 0 Å². The SMILES string of the molecule is CCCC(=O)N[C@@H](c1ccccc1)c1ccc2cccnc2c1O. The molecule has 1 aromatic heterocycles. The maximum Gasteiger partial charge on any atom is 0.220 e. The lowest BCUT2D eigenvalue weighted by Crippen LogP contribution is -2.29. The summed E-state index contributed by atoms with van der Waals surface area (Å²) in [5, 5.41) is 14.6. The van der Waals surface area contributed by atoms with E-state index < -0.39 is 6.04 Å². The molecule has 4 heteroatoms. The van der Waals surface area contributed by atoms with Gasteiger partial charge in [-0.25, -0.2) is 0 Å². The van der Waals surface area contributed by atoms with E-state index in [0.717, 1.165) is 17.4 Å². The van der Waals surface area contributed by atoms with Gasteiger partial charge in [-0.05, 0) is 18.1 Å². The summed E-state index contributed by atoms with van der Waals surface area (Å²) in [7, 11) is 0. The summed E-state index contributed by atoms with van der Waals surface area (Å²) in [6, 6.07) is 16.8. The monoisotopic (exact) mass is 320 g/mol. The summed E-state index contributed by atoms with van der Waals surface area (Å²) in [5.41, 5.74) is 2.12. The lowest BCUT2D eigenvalue weighted by atomic mass is 9.96. The zero-order valence-corrected chi connectivity index (χ0v) is 13.6. The summed E-state index contributed by atoms with van der Waals surface area (Å²) < 4.78 is 0. The Hall–Kier alpha value is -2.88. The lowest BCUT2D eigenvalue weighted by Gasteiger charge is -2.21. The van der Waals surface area contributed by atoms with Crippen LogP contribution in [0.2, 0.25) is 0 Å². The topological polar surface area (TPSA) is 62.2 Å². The van der Waals surface area contributed by atoms with Gasteiger partial charge in [0.05, 0.1) is 6.04 Å². The molecule has 0 aliphatic carbocycles. The molecule has 0 bridgehead atoms. The average molecular weight is 320 g/mol. The van der Waals surface area contributed by atoms with Gasteiger partial charge in [0.1, 0.15) is 11.3 Å². The number of hydrogen-bond donors (Lipinski definition) is 2. The molecule has 0 fully saturated rings. The van der Waals surface area contributed by atoms with Crippen molar-refractivity contribution in [3.05, 3.63) is 71.9 Å². The van der Waals surface area contributed by atoms with Gasteiger partial charge in [0.2, 0.25) is 5.91 Å². The summed E-state index contributed by atoms with van der Waals surface area (Å²) in [4.78, 5) is 16.4. The second-order valence-electron chi connectivity index (χ2n) is 5.74. The number of aromatic hydroxyl groups is 1. The number of rotatable bonds is 5. The van der Waals surface area contributed by atoms with E-state index in [4.69, 9.17) is 0 Å². The van der Waals surface area contributed by atoms with Crippen LogP contribution in [0.25, 0.3) is 10.9 Å². The van der Waals surface area contributed by atoms with Gasteiger partial charge >= 0.3 is 0 Å².